The van der Waals surface area contributed by atoms with E-state index in [1.807, 2.05) is 19.1 Å². The van der Waals surface area contributed by atoms with Gasteiger partial charge in [-0.2, -0.15) is 0 Å². The lowest BCUT2D eigenvalue weighted by atomic mass is 10.2. The number of unbranched alkanes of at least 4 members (excludes halogenated alkanes) is 3. The average molecular weight is 377 g/mol. The monoisotopic (exact) mass is 376 g/mol. The zero-order chi connectivity index (χ0) is 15.7. The van der Waals surface area contributed by atoms with E-state index in [-0.39, 0.29) is 0 Å². The van der Waals surface area contributed by atoms with Crippen LogP contribution in [0.4, 0.5) is 0 Å². The number of benzene rings is 1. The number of hydrogen-bond acceptors (Lipinski definition) is 3. The van der Waals surface area contributed by atoms with Crippen molar-refractivity contribution in [3.63, 3.8) is 0 Å². The standard InChI is InChI=1S/C15H25BrN2O2S/c1-3-5-6-7-10-18-21(19,20)15-9-8-13(11-14(15)16)12-17-4-2/h8-9,11,17-18H,3-7,10,12H2,1-2H3. The Bertz CT molecular complexity index is 532. The van der Waals surface area contributed by atoms with Gasteiger partial charge in [-0.05, 0) is 46.6 Å². The van der Waals surface area contributed by atoms with Crippen molar-refractivity contribution < 1.29 is 8.42 Å². The Labute approximate surface area is 136 Å². The van der Waals surface area contributed by atoms with E-state index in [2.05, 4.69) is 32.9 Å². The topological polar surface area (TPSA) is 58.2 Å². The first-order chi connectivity index (χ1) is 10.0. The van der Waals surface area contributed by atoms with Gasteiger partial charge in [-0.25, -0.2) is 13.1 Å². The SMILES string of the molecule is CCCCCCNS(=O)(=O)c1ccc(CNCC)cc1Br. The highest BCUT2D eigenvalue weighted by Crippen LogP contribution is 2.23. The fourth-order valence-corrected chi connectivity index (χ4v) is 4.17. The van der Waals surface area contributed by atoms with Crippen LogP contribution >= 0.6 is 15.9 Å². The van der Waals surface area contributed by atoms with Crippen LogP contribution in [0.1, 0.15) is 45.1 Å². The molecular formula is C15H25BrN2O2S. The van der Waals surface area contributed by atoms with Crippen LogP contribution in [0.15, 0.2) is 27.6 Å². The second-order valence-corrected chi connectivity index (χ2v) is 7.59. The maximum Gasteiger partial charge on any atom is 0.241 e. The number of halogens is 1. The Morgan fingerprint density at radius 1 is 1.14 bits per heavy atom. The van der Waals surface area contributed by atoms with Gasteiger partial charge in [0.2, 0.25) is 10.0 Å². The molecule has 0 atom stereocenters. The zero-order valence-corrected chi connectivity index (χ0v) is 15.2. The molecule has 0 radical (unpaired) electrons. The molecule has 120 valence electrons. The second-order valence-electron chi connectivity index (χ2n) is 5.00. The fraction of sp³-hybridized carbons (Fsp3) is 0.600. The largest absolute Gasteiger partial charge is 0.313 e. The van der Waals surface area contributed by atoms with E-state index in [4.69, 9.17) is 0 Å². The van der Waals surface area contributed by atoms with E-state index >= 15 is 0 Å². The number of nitrogens with one attached hydrogen (secondary N) is 2. The molecule has 1 rings (SSSR count). The van der Waals surface area contributed by atoms with Gasteiger partial charge in [0.15, 0.2) is 0 Å². The van der Waals surface area contributed by atoms with Gasteiger partial charge in [-0.1, -0.05) is 39.2 Å². The minimum atomic E-state index is -3.43. The third kappa shape index (κ3) is 6.46. The van der Waals surface area contributed by atoms with Gasteiger partial charge in [0.05, 0.1) is 4.90 Å². The van der Waals surface area contributed by atoms with Crippen LogP contribution in [0.25, 0.3) is 0 Å². The van der Waals surface area contributed by atoms with Gasteiger partial charge in [0.1, 0.15) is 0 Å². The van der Waals surface area contributed by atoms with E-state index in [1.54, 1.807) is 6.07 Å². The summed E-state index contributed by atoms with van der Waals surface area (Å²) in [5, 5.41) is 3.22. The summed E-state index contributed by atoms with van der Waals surface area (Å²) in [7, 11) is -3.43. The van der Waals surface area contributed by atoms with Crippen molar-refractivity contribution in [3.8, 4) is 0 Å². The predicted octanol–water partition coefficient (Wildman–Crippen LogP) is 3.42. The summed E-state index contributed by atoms with van der Waals surface area (Å²) < 4.78 is 27.8. The third-order valence-corrected chi connectivity index (χ3v) is 5.63. The minimum absolute atomic E-state index is 0.304. The van der Waals surface area contributed by atoms with E-state index in [1.165, 1.54) is 0 Å². The molecule has 0 bridgehead atoms. The lowest BCUT2D eigenvalue weighted by Crippen LogP contribution is -2.25. The van der Waals surface area contributed by atoms with Crippen LogP contribution in [-0.4, -0.2) is 21.5 Å². The van der Waals surface area contributed by atoms with E-state index < -0.39 is 10.0 Å². The molecule has 6 heteroatoms. The van der Waals surface area contributed by atoms with Crippen molar-refractivity contribution in [2.45, 2.75) is 51.0 Å². The highest BCUT2D eigenvalue weighted by atomic mass is 79.9. The van der Waals surface area contributed by atoms with Crippen molar-refractivity contribution in [1.29, 1.82) is 0 Å². The quantitative estimate of drug-likeness (QED) is 0.615. The first-order valence-corrected chi connectivity index (χ1v) is 9.77. The molecule has 0 saturated heterocycles. The summed E-state index contributed by atoms with van der Waals surface area (Å²) >= 11 is 3.36. The van der Waals surface area contributed by atoms with Crippen LogP contribution in [0.5, 0.6) is 0 Å². The van der Waals surface area contributed by atoms with Gasteiger partial charge in [0, 0.05) is 17.6 Å². The average Bonchev–Trinajstić information content (AvgIpc) is 2.44. The Kier molecular flexibility index (Phi) is 8.48. The van der Waals surface area contributed by atoms with Gasteiger partial charge in [-0.15, -0.1) is 0 Å². The van der Waals surface area contributed by atoms with Crippen LogP contribution in [0.2, 0.25) is 0 Å². The summed E-state index contributed by atoms with van der Waals surface area (Å²) in [6.45, 7) is 6.29. The summed E-state index contributed by atoms with van der Waals surface area (Å²) in [6.07, 6.45) is 4.22. The summed E-state index contributed by atoms with van der Waals surface area (Å²) in [5.74, 6) is 0. The molecule has 0 aliphatic carbocycles. The van der Waals surface area contributed by atoms with Crippen molar-refractivity contribution >= 4 is 26.0 Å². The maximum atomic E-state index is 12.3. The van der Waals surface area contributed by atoms with Crippen LogP contribution in [0, 0.1) is 0 Å². The van der Waals surface area contributed by atoms with Crippen LogP contribution in [0.3, 0.4) is 0 Å². The molecule has 0 saturated carbocycles. The predicted molar refractivity (Wildman–Crippen MR) is 90.9 cm³/mol. The number of rotatable bonds is 10. The van der Waals surface area contributed by atoms with E-state index in [0.717, 1.165) is 44.3 Å². The normalized spacial score (nSPS) is 11.8. The molecule has 0 heterocycles. The Morgan fingerprint density at radius 2 is 1.90 bits per heavy atom. The van der Waals surface area contributed by atoms with Crippen molar-refractivity contribution in [2.75, 3.05) is 13.1 Å². The minimum Gasteiger partial charge on any atom is -0.313 e. The summed E-state index contributed by atoms with van der Waals surface area (Å²) in [4.78, 5) is 0.304. The number of sulfonamides is 1. The second kappa shape index (κ2) is 9.56. The molecule has 1 aromatic rings. The molecule has 4 nitrogen and oxygen atoms in total. The Hall–Kier alpha value is -0.430. The molecule has 0 fully saturated rings. The van der Waals surface area contributed by atoms with Gasteiger partial charge >= 0.3 is 0 Å². The van der Waals surface area contributed by atoms with Crippen LogP contribution < -0.4 is 10.0 Å². The van der Waals surface area contributed by atoms with Crippen molar-refractivity contribution in [3.05, 3.63) is 28.2 Å². The van der Waals surface area contributed by atoms with Gasteiger partial charge in [0.25, 0.3) is 0 Å². The lowest BCUT2D eigenvalue weighted by Gasteiger charge is -2.10. The van der Waals surface area contributed by atoms with E-state index in [0.29, 0.717) is 15.9 Å². The molecule has 0 unspecified atom stereocenters. The third-order valence-electron chi connectivity index (χ3n) is 3.19. The molecule has 0 aliphatic rings. The molecule has 1 aromatic carbocycles. The molecule has 21 heavy (non-hydrogen) atoms. The highest BCUT2D eigenvalue weighted by Gasteiger charge is 2.17. The fourth-order valence-electron chi connectivity index (χ4n) is 1.98. The van der Waals surface area contributed by atoms with Gasteiger partial charge in [-0.3, -0.25) is 0 Å². The maximum absolute atomic E-state index is 12.3. The summed E-state index contributed by atoms with van der Waals surface area (Å²) in [6, 6.07) is 5.36. The van der Waals surface area contributed by atoms with Crippen LogP contribution in [-0.2, 0) is 16.6 Å². The highest BCUT2D eigenvalue weighted by molar-refractivity contribution is 9.10. The first kappa shape index (κ1) is 18.6. The Balaban J connectivity index is 2.65. The smallest absolute Gasteiger partial charge is 0.241 e. The molecular weight excluding hydrogens is 352 g/mol. The molecule has 0 aliphatic heterocycles. The number of hydrogen-bond donors (Lipinski definition) is 2. The lowest BCUT2D eigenvalue weighted by molar-refractivity contribution is 0.573. The molecule has 0 aromatic heterocycles. The molecule has 2 N–H and O–H groups in total. The van der Waals surface area contributed by atoms with Crippen molar-refractivity contribution in [2.24, 2.45) is 0 Å². The zero-order valence-electron chi connectivity index (χ0n) is 12.8. The molecule has 0 amide bonds. The van der Waals surface area contributed by atoms with E-state index in [9.17, 15) is 8.42 Å². The first-order valence-electron chi connectivity index (χ1n) is 7.50. The Morgan fingerprint density at radius 3 is 2.52 bits per heavy atom. The van der Waals surface area contributed by atoms with Gasteiger partial charge < -0.3 is 5.32 Å². The summed E-state index contributed by atoms with van der Waals surface area (Å²) in [5.41, 5.74) is 1.06. The molecule has 0 spiro atoms. The van der Waals surface area contributed by atoms with Crippen molar-refractivity contribution in [1.82, 2.24) is 10.0 Å².